The van der Waals surface area contributed by atoms with Crippen molar-refractivity contribution in [1.29, 1.82) is 0 Å². The zero-order valence-electron chi connectivity index (χ0n) is 11.1. The molecule has 0 spiro atoms. The molecule has 1 rings (SSSR count). The molecule has 0 radical (unpaired) electrons. The first-order chi connectivity index (χ1) is 8.60. The van der Waals surface area contributed by atoms with Crippen LogP contribution in [0.3, 0.4) is 0 Å². The Kier molecular flexibility index (Phi) is 6.66. The van der Waals surface area contributed by atoms with E-state index in [-0.39, 0.29) is 5.56 Å². The van der Waals surface area contributed by atoms with Gasteiger partial charge in [-0.25, -0.2) is 4.39 Å². The van der Waals surface area contributed by atoms with Gasteiger partial charge in [-0.3, -0.25) is 0 Å². The van der Waals surface area contributed by atoms with Gasteiger partial charge in [0.05, 0.1) is 6.10 Å². The van der Waals surface area contributed by atoms with Crippen LogP contribution in [-0.4, -0.2) is 5.11 Å². The summed E-state index contributed by atoms with van der Waals surface area (Å²) >= 11 is 5.96. The third-order valence-corrected chi connectivity index (χ3v) is 3.76. The van der Waals surface area contributed by atoms with Crippen molar-refractivity contribution in [2.75, 3.05) is 0 Å². The van der Waals surface area contributed by atoms with Crippen molar-refractivity contribution in [2.24, 2.45) is 5.92 Å². The maximum absolute atomic E-state index is 13.7. The molecule has 0 aliphatic rings. The zero-order chi connectivity index (χ0) is 13.5. The molecule has 1 aromatic carbocycles. The molecule has 0 bridgehead atoms. The van der Waals surface area contributed by atoms with Gasteiger partial charge < -0.3 is 5.11 Å². The summed E-state index contributed by atoms with van der Waals surface area (Å²) in [6.07, 6.45) is 4.15. The Hall–Kier alpha value is -0.600. The Morgan fingerprint density at radius 1 is 1.33 bits per heavy atom. The zero-order valence-corrected chi connectivity index (χ0v) is 11.9. The van der Waals surface area contributed by atoms with Crippen LogP contribution in [0.15, 0.2) is 18.2 Å². The number of halogens is 2. The predicted molar refractivity (Wildman–Crippen MR) is 74.3 cm³/mol. The molecule has 1 aromatic rings. The second-order valence-electron chi connectivity index (χ2n) is 4.80. The third-order valence-electron chi connectivity index (χ3n) is 3.43. The lowest BCUT2D eigenvalue weighted by Crippen LogP contribution is -2.09. The molecule has 102 valence electrons. The quantitative estimate of drug-likeness (QED) is 0.730. The van der Waals surface area contributed by atoms with E-state index in [1.165, 1.54) is 6.07 Å². The van der Waals surface area contributed by atoms with Gasteiger partial charge in [0.2, 0.25) is 0 Å². The normalized spacial score (nSPS) is 14.5. The third kappa shape index (κ3) is 4.25. The van der Waals surface area contributed by atoms with Crippen LogP contribution in [0.4, 0.5) is 4.39 Å². The van der Waals surface area contributed by atoms with Crippen molar-refractivity contribution in [3.63, 3.8) is 0 Å². The second-order valence-corrected chi connectivity index (χ2v) is 5.21. The van der Waals surface area contributed by atoms with Crippen LogP contribution in [0, 0.1) is 11.7 Å². The summed E-state index contributed by atoms with van der Waals surface area (Å²) in [5.41, 5.74) is 0.245. The molecule has 18 heavy (non-hydrogen) atoms. The van der Waals surface area contributed by atoms with E-state index in [0.29, 0.717) is 17.4 Å². The average Bonchev–Trinajstić information content (AvgIpc) is 2.34. The molecule has 2 atom stereocenters. The van der Waals surface area contributed by atoms with Crippen molar-refractivity contribution in [1.82, 2.24) is 0 Å². The molecule has 0 aliphatic carbocycles. The fourth-order valence-electron chi connectivity index (χ4n) is 2.24. The van der Waals surface area contributed by atoms with Gasteiger partial charge in [0.25, 0.3) is 0 Å². The minimum absolute atomic E-state index is 0.245. The molecule has 0 heterocycles. The Morgan fingerprint density at radius 3 is 2.61 bits per heavy atom. The topological polar surface area (TPSA) is 20.2 Å². The number of aliphatic hydroxyl groups excluding tert-OH is 1. The van der Waals surface area contributed by atoms with E-state index < -0.39 is 11.9 Å². The highest BCUT2D eigenvalue weighted by Crippen LogP contribution is 2.32. The molecule has 0 fully saturated rings. The number of benzene rings is 1. The van der Waals surface area contributed by atoms with E-state index in [0.717, 1.165) is 25.7 Å². The van der Waals surface area contributed by atoms with E-state index in [9.17, 15) is 9.50 Å². The molecule has 2 unspecified atom stereocenters. The Balaban J connectivity index is 2.71. The fraction of sp³-hybridized carbons (Fsp3) is 0.600. The number of hydrogen-bond acceptors (Lipinski definition) is 1. The lowest BCUT2D eigenvalue weighted by Gasteiger charge is -2.20. The standard InChI is InChI=1S/C15H22ClFO/c1-3-5-7-11(4-2)10-14(18)15-12(16)8-6-9-13(15)17/h6,8-9,11,14,18H,3-5,7,10H2,1-2H3. The molecule has 1 N–H and O–H groups in total. The first-order valence-corrected chi connectivity index (χ1v) is 7.09. The maximum Gasteiger partial charge on any atom is 0.130 e. The number of rotatable bonds is 7. The lowest BCUT2D eigenvalue weighted by molar-refractivity contribution is 0.135. The van der Waals surface area contributed by atoms with E-state index in [4.69, 9.17) is 11.6 Å². The Labute approximate surface area is 114 Å². The Bertz CT molecular complexity index is 347. The monoisotopic (exact) mass is 272 g/mol. The highest BCUT2D eigenvalue weighted by Gasteiger charge is 2.20. The SMILES string of the molecule is CCCCC(CC)CC(O)c1c(F)cccc1Cl. The van der Waals surface area contributed by atoms with Gasteiger partial charge >= 0.3 is 0 Å². The minimum Gasteiger partial charge on any atom is -0.388 e. The van der Waals surface area contributed by atoms with Crippen LogP contribution in [0.25, 0.3) is 0 Å². The van der Waals surface area contributed by atoms with E-state index in [1.54, 1.807) is 12.1 Å². The molecule has 0 amide bonds. The van der Waals surface area contributed by atoms with Gasteiger partial charge in [0.15, 0.2) is 0 Å². The van der Waals surface area contributed by atoms with Crippen LogP contribution in [0.5, 0.6) is 0 Å². The van der Waals surface area contributed by atoms with Crippen molar-refractivity contribution >= 4 is 11.6 Å². The smallest absolute Gasteiger partial charge is 0.130 e. The number of unbranched alkanes of at least 4 members (excludes halogenated alkanes) is 1. The second kappa shape index (κ2) is 7.75. The summed E-state index contributed by atoms with van der Waals surface area (Å²) in [7, 11) is 0. The van der Waals surface area contributed by atoms with Gasteiger partial charge in [-0.15, -0.1) is 0 Å². The molecule has 1 nitrogen and oxygen atoms in total. The summed E-state index contributed by atoms with van der Waals surface area (Å²) in [5.74, 6) is 0.0102. The van der Waals surface area contributed by atoms with Crippen molar-refractivity contribution in [3.8, 4) is 0 Å². The number of hydrogen-bond donors (Lipinski definition) is 1. The fourth-order valence-corrected chi connectivity index (χ4v) is 2.53. The summed E-state index contributed by atoms with van der Waals surface area (Å²) in [4.78, 5) is 0. The molecular formula is C15H22ClFO. The molecule has 0 aromatic heterocycles. The van der Waals surface area contributed by atoms with Gasteiger partial charge in [0, 0.05) is 10.6 Å². The highest BCUT2D eigenvalue weighted by atomic mass is 35.5. The van der Waals surface area contributed by atoms with Crippen LogP contribution in [0.2, 0.25) is 5.02 Å². The summed E-state index contributed by atoms with van der Waals surface area (Å²) < 4.78 is 13.7. The minimum atomic E-state index is -0.805. The molecule has 0 saturated heterocycles. The summed E-state index contributed by atoms with van der Waals surface area (Å²) in [6, 6.07) is 4.52. The summed E-state index contributed by atoms with van der Waals surface area (Å²) in [5, 5.41) is 10.5. The van der Waals surface area contributed by atoms with Gasteiger partial charge in [0.1, 0.15) is 5.82 Å². The van der Waals surface area contributed by atoms with Gasteiger partial charge in [-0.05, 0) is 24.5 Å². The first-order valence-electron chi connectivity index (χ1n) is 6.72. The van der Waals surface area contributed by atoms with E-state index >= 15 is 0 Å². The predicted octanol–water partition coefficient (Wildman–Crippen LogP) is 5.12. The van der Waals surface area contributed by atoms with E-state index in [2.05, 4.69) is 13.8 Å². The number of aliphatic hydroxyl groups is 1. The lowest BCUT2D eigenvalue weighted by atomic mass is 9.90. The summed E-state index contributed by atoms with van der Waals surface area (Å²) in [6.45, 7) is 4.26. The van der Waals surface area contributed by atoms with Gasteiger partial charge in [-0.1, -0.05) is 57.2 Å². The average molecular weight is 273 g/mol. The van der Waals surface area contributed by atoms with Crippen LogP contribution < -0.4 is 0 Å². The van der Waals surface area contributed by atoms with Crippen LogP contribution in [-0.2, 0) is 0 Å². The Morgan fingerprint density at radius 2 is 2.06 bits per heavy atom. The van der Waals surface area contributed by atoms with Crippen LogP contribution >= 0.6 is 11.6 Å². The molecule has 3 heteroatoms. The largest absolute Gasteiger partial charge is 0.388 e. The van der Waals surface area contributed by atoms with Gasteiger partial charge in [-0.2, -0.15) is 0 Å². The first kappa shape index (κ1) is 15.5. The highest BCUT2D eigenvalue weighted by molar-refractivity contribution is 6.31. The maximum atomic E-state index is 13.7. The van der Waals surface area contributed by atoms with Crippen LogP contribution in [0.1, 0.15) is 57.6 Å². The van der Waals surface area contributed by atoms with Crippen molar-refractivity contribution in [3.05, 3.63) is 34.6 Å². The molecule has 0 aliphatic heterocycles. The van der Waals surface area contributed by atoms with Crippen molar-refractivity contribution in [2.45, 2.75) is 52.1 Å². The van der Waals surface area contributed by atoms with E-state index in [1.807, 2.05) is 0 Å². The molecule has 0 saturated carbocycles. The molecular weight excluding hydrogens is 251 g/mol. The van der Waals surface area contributed by atoms with Crippen molar-refractivity contribution < 1.29 is 9.50 Å².